The summed E-state index contributed by atoms with van der Waals surface area (Å²) in [5, 5.41) is 13.9. The molecule has 2 heterocycles. The van der Waals surface area contributed by atoms with Crippen LogP contribution < -0.4 is 0 Å². The molecule has 0 radical (unpaired) electrons. The first-order chi connectivity index (χ1) is 13.6. The van der Waals surface area contributed by atoms with Crippen LogP contribution in [0.5, 0.6) is 0 Å². The van der Waals surface area contributed by atoms with Gasteiger partial charge in [-0.25, -0.2) is 4.39 Å². The molecule has 1 aromatic heterocycles. The number of ether oxygens (including phenoxy) is 1. The molecule has 4 rings (SSSR count). The predicted molar refractivity (Wildman–Crippen MR) is 107 cm³/mol. The first-order valence-corrected chi connectivity index (χ1v) is 9.98. The van der Waals surface area contributed by atoms with Gasteiger partial charge < -0.3 is 4.74 Å². The summed E-state index contributed by atoms with van der Waals surface area (Å²) in [5.74, 6) is -0.275. The van der Waals surface area contributed by atoms with Crippen LogP contribution in [0.1, 0.15) is 18.4 Å². The van der Waals surface area contributed by atoms with E-state index < -0.39 is 5.41 Å². The Morgan fingerprint density at radius 1 is 1.14 bits per heavy atom. The molecule has 6 heteroatoms. The predicted octanol–water partition coefficient (Wildman–Crippen LogP) is 4.95. The highest BCUT2D eigenvalue weighted by molar-refractivity contribution is 7.99. The molecule has 0 unspecified atom stereocenters. The Kier molecular flexibility index (Phi) is 5.21. The molecule has 0 aliphatic carbocycles. The minimum absolute atomic E-state index is 0.275. The normalized spacial score (nSPS) is 15.9. The molecule has 0 amide bonds. The van der Waals surface area contributed by atoms with E-state index >= 15 is 0 Å². The molecule has 1 aliphatic rings. The Labute approximate surface area is 167 Å². The molecule has 142 valence electrons. The van der Waals surface area contributed by atoms with E-state index in [2.05, 4.69) is 11.2 Å². The maximum atomic E-state index is 14.7. The molecule has 28 heavy (non-hydrogen) atoms. The first kappa shape index (κ1) is 18.7. The minimum Gasteiger partial charge on any atom is -0.381 e. The van der Waals surface area contributed by atoms with Crippen molar-refractivity contribution in [1.29, 1.82) is 5.26 Å². The summed E-state index contributed by atoms with van der Waals surface area (Å²) in [5.41, 5.74) is 1.79. The van der Waals surface area contributed by atoms with Crippen LogP contribution in [0.3, 0.4) is 0 Å². The topological polar surface area (TPSA) is 50.8 Å². The van der Waals surface area contributed by atoms with Crippen LogP contribution in [0.15, 0.2) is 64.5 Å². The highest BCUT2D eigenvalue weighted by atomic mass is 32.2. The van der Waals surface area contributed by atoms with Crippen LogP contribution in [0.25, 0.3) is 11.3 Å². The smallest absolute Gasteiger partial charge is 0.133 e. The summed E-state index contributed by atoms with van der Waals surface area (Å²) in [6, 6.07) is 17.6. The van der Waals surface area contributed by atoms with Crippen LogP contribution >= 0.6 is 11.8 Å². The maximum absolute atomic E-state index is 14.7. The highest BCUT2D eigenvalue weighted by Crippen LogP contribution is 2.38. The lowest BCUT2D eigenvalue weighted by Gasteiger charge is -2.31. The molecular formula is C22H20FN3OS. The maximum Gasteiger partial charge on any atom is 0.133 e. The Balaban J connectivity index is 1.59. The van der Waals surface area contributed by atoms with Gasteiger partial charge in [0.2, 0.25) is 0 Å². The van der Waals surface area contributed by atoms with Gasteiger partial charge in [-0.05, 0) is 54.8 Å². The van der Waals surface area contributed by atoms with Gasteiger partial charge in [0.25, 0.3) is 0 Å². The zero-order valence-corrected chi connectivity index (χ0v) is 16.4. The summed E-state index contributed by atoms with van der Waals surface area (Å²) in [7, 11) is 1.80. The van der Waals surface area contributed by atoms with Gasteiger partial charge in [0.05, 0.1) is 17.2 Å². The fraction of sp³-hybridized carbons (Fsp3) is 0.273. The molecule has 4 nitrogen and oxygen atoms in total. The van der Waals surface area contributed by atoms with Crippen LogP contribution in [-0.2, 0) is 17.2 Å². The molecule has 0 N–H and O–H groups in total. The van der Waals surface area contributed by atoms with Crippen molar-refractivity contribution in [2.45, 2.75) is 28.0 Å². The number of hydrogen-bond acceptors (Lipinski definition) is 4. The number of halogens is 1. The van der Waals surface area contributed by atoms with Crippen molar-refractivity contribution in [3.05, 3.63) is 66.1 Å². The van der Waals surface area contributed by atoms with E-state index in [4.69, 9.17) is 4.74 Å². The second-order valence-corrected chi connectivity index (χ2v) is 8.06. The minimum atomic E-state index is -0.497. The largest absolute Gasteiger partial charge is 0.381 e. The number of aromatic nitrogens is 2. The third kappa shape index (κ3) is 3.56. The monoisotopic (exact) mass is 393 g/mol. The summed E-state index contributed by atoms with van der Waals surface area (Å²) in [6.45, 7) is 1.21. The van der Waals surface area contributed by atoms with Crippen LogP contribution in [0, 0.1) is 17.1 Å². The Morgan fingerprint density at radius 3 is 2.61 bits per heavy atom. The summed E-state index contributed by atoms with van der Waals surface area (Å²) >= 11 is 1.50. The lowest BCUT2D eigenvalue weighted by molar-refractivity contribution is 0.0675. The standard InChI is InChI=1S/C22H20FN3OS/c1-26-21(7-10-25-26)19-6-5-18(14-20(19)23)28-17-4-2-3-16(13-17)22(15-24)8-11-27-12-9-22/h2-7,10,13-14H,8-9,11-12H2,1H3. The van der Waals surface area contributed by atoms with E-state index in [0.717, 1.165) is 21.0 Å². The fourth-order valence-corrected chi connectivity index (χ4v) is 4.49. The van der Waals surface area contributed by atoms with Crippen LogP contribution in [-0.4, -0.2) is 23.0 Å². The fourth-order valence-electron chi connectivity index (χ4n) is 3.58. The zero-order chi connectivity index (χ0) is 19.6. The summed E-state index contributed by atoms with van der Waals surface area (Å²) in [4.78, 5) is 1.81. The van der Waals surface area contributed by atoms with E-state index in [1.807, 2.05) is 30.3 Å². The molecule has 0 saturated carbocycles. The van der Waals surface area contributed by atoms with Gasteiger partial charge in [-0.1, -0.05) is 23.9 Å². The van der Waals surface area contributed by atoms with E-state index in [9.17, 15) is 9.65 Å². The molecular weight excluding hydrogens is 373 g/mol. The average molecular weight is 393 g/mol. The van der Waals surface area contributed by atoms with Gasteiger partial charge in [0, 0.05) is 41.8 Å². The van der Waals surface area contributed by atoms with Gasteiger partial charge in [0.15, 0.2) is 0 Å². The van der Waals surface area contributed by atoms with Crippen LogP contribution in [0.2, 0.25) is 0 Å². The Morgan fingerprint density at radius 2 is 1.93 bits per heavy atom. The molecule has 0 spiro atoms. The quantitative estimate of drug-likeness (QED) is 0.629. The molecule has 1 aliphatic heterocycles. The SMILES string of the molecule is Cn1nccc1-c1ccc(Sc2cccc(C3(C#N)CCOCC3)c2)cc1F. The van der Waals surface area contributed by atoms with Crippen molar-refractivity contribution >= 4 is 11.8 Å². The van der Waals surface area contributed by atoms with Gasteiger partial charge in [0.1, 0.15) is 5.82 Å². The number of benzene rings is 2. The number of nitrogens with zero attached hydrogens (tertiary/aromatic N) is 3. The first-order valence-electron chi connectivity index (χ1n) is 9.17. The molecule has 2 aromatic carbocycles. The van der Waals surface area contributed by atoms with Crippen molar-refractivity contribution in [1.82, 2.24) is 9.78 Å². The summed E-state index contributed by atoms with van der Waals surface area (Å²) < 4.78 is 21.8. The van der Waals surface area contributed by atoms with Crippen LogP contribution in [0.4, 0.5) is 4.39 Å². The van der Waals surface area contributed by atoms with E-state index in [0.29, 0.717) is 31.6 Å². The van der Waals surface area contributed by atoms with Gasteiger partial charge in [-0.15, -0.1) is 0 Å². The van der Waals surface area contributed by atoms with Crippen molar-refractivity contribution in [3.8, 4) is 17.3 Å². The third-order valence-corrected chi connectivity index (χ3v) is 6.20. The number of aryl methyl sites for hydroxylation is 1. The van der Waals surface area contributed by atoms with Crippen molar-refractivity contribution in [3.63, 3.8) is 0 Å². The van der Waals surface area contributed by atoms with Crippen molar-refractivity contribution < 1.29 is 9.13 Å². The summed E-state index contributed by atoms with van der Waals surface area (Å²) in [6.07, 6.45) is 3.06. The Hall–Kier alpha value is -2.62. The second-order valence-electron chi connectivity index (χ2n) is 6.92. The molecule has 0 atom stereocenters. The lowest BCUT2D eigenvalue weighted by Crippen LogP contribution is -2.32. The molecule has 3 aromatic rings. The molecule has 0 bridgehead atoms. The second kappa shape index (κ2) is 7.78. The van der Waals surface area contributed by atoms with Gasteiger partial charge in [-0.2, -0.15) is 10.4 Å². The number of hydrogen-bond donors (Lipinski definition) is 0. The zero-order valence-electron chi connectivity index (χ0n) is 15.6. The van der Waals surface area contributed by atoms with E-state index in [1.165, 1.54) is 11.8 Å². The lowest BCUT2D eigenvalue weighted by atomic mass is 9.75. The van der Waals surface area contributed by atoms with Gasteiger partial charge in [-0.3, -0.25) is 4.68 Å². The number of nitriles is 1. The molecule has 1 saturated heterocycles. The average Bonchev–Trinajstić information content (AvgIpc) is 3.14. The molecule has 1 fully saturated rings. The van der Waals surface area contributed by atoms with Crippen molar-refractivity contribution in [2.75, 3.05) is 13.2 Å². The van der Waals surface area contributed by atoms with E-state index in [-0.39, 0.29) is 5.82 Å². The van der Waals surface area contributed by atoms with Crippen molar-refractivity contribution in [2.24, 2.45) is 7.05 Å². The number of rotatable bonds is 4. The van der Waals surface area contributed by atoms with Gasteiger partial charge >= 0.3 is 0 Å². The highest BCUT2D eigenvalue weighted by Gasteiger charge is 2.34. The Bertz CT molecular complexity index is 1030. The third-order valence-electron chi connectivity index (χ3n) is 5.22. The van der Waals surface area contributed by atoms with E-state index in [1.54, 1.807) is 36.1 Å².